The van der Waals surface area contributed by atoms with E-state index in [-0.39, 0.29) is 17.5 Å². The first kappa shape index (κ1) is 25.0. The quantitative estimate of drug-likeness (QED) is 0.236. The summed E-state index contributed by atoms with van der Waals surface area (Å²) in [5.41, 5.74) is 5.48. The van der Waals surface area contributed by atoms with Crippen molar-refractivity contribution in [2.24, 2.45) is 0 Å². The zero-order chi connectivity index (χ0) is 27.6. The number of pyridine rings is 1. The van der Waals surface area contributed by atoms with Crippen LogP contribution in [0.3, 0.4) is 0 Å². The number of fused-ring (bicyclic) bond motifs is 2. The van der Waals surface area contributed by atoms with Gasteiger partial charge in [0, 0.05) is 24.2 Å². The van der Waals surface area contributed by atoms with Crippen molar-refractivity contribution in [3.05, 3.63) is 131 Å². The average Bonchev–Trinajstić information content (AvgIpc) is 3.39. The lowest BCUT2D eigenvalue weighted by Gasteiger charge is -2.16. The summed E-state index contributed by atoms with van der Waals surface area (Å²) < 4.78 is 5.79. The van der Waals surface area contributed by atoms with Crippen LogP contribution in [0.25, 0.3) is 32.9 Å². The van der Waals surface area contributed by atoms with Gasteiger partial charge in [-0.2, -0.15) is 0 Å². The molecule has 40 heavy (non-hydrogen) atoms. The van der Waals surface area contributed by atoms with Crippen molar-refractivity contribution in [2.45, 2.75) is 19.4 Å². The number of aromatic carboxylic acids is 1. The van der Waals surface area contributed by atoms with Crippen molar-refractivity contribution in [3.8, 4) is 11.1 Å². The Labute approximate surface area is 230 Å². The maximum absolute atomic E-state index is 13.8. The molecule has 0 fully saturated rings. The van der Waals surface area contributed by atoms with Crippen molar-refractivity contribution in [1.29, 1.82) is 0 Å². The van der Waals surface area contributed by atoms with E-state index in [1.165, 1.54) is 12.1 Å². The van der Waals surface area contributed by atoms with Crippen molar-refractivity contribution < 1.29 is 19.2 Å². The topological polar surface area (TPSA) is 105 Å². The number of carbonyl (C=O) groups excluding carboxylic acids is 1. The third kappa shape index (κ3) is 4.92. The van der Waals surface area contributed by atoms with E-state index in [4.69, 9.17) is 4.52 Å². The Hall–Kier alpha value is -5.30. The molecule has 0 bridgehead atoms. The summed E-state index contributed by atoms with van der Waals surface area (Å²) in [5, 5.41) is 19.5. The summed E-state index contributed by atoms with van der Waals surface area (Å²) in [7, 11) is 0. The van der Waals surface area contributed by atoms with Gasteiger partial charge in [0.05, 0.1) is 28.2 Å². The van der Waals surface area contributed by atoms with Gasteiger partial charge < -0.3 is 14.9 Å². The predicted octanol–water partition coefficient (Wildman–Crippen LogP) is 6.82. The van der Waals surface area contributed by atoms with Crippen LogP contribution in [0.1, 0.15) is 50.5 Å². The summed E-state index contributed by atoms with van der Waals surface area (Å²) >= 11 is 0. The number of carboxylic acid groups (broad SMARTS) is 1. The van der Waals surface area contributed by atoms with Crippen molar-refractivity contribution in [1.82, 2.24) is 15.5 Å². The maximum atomic E-state index is 13.8. The molecule has 4 aromatic carbocycles. The van der Waals surface area contributed by atoms with Gasteiger partial charge in [0.2, 0.25) is 0 Å². The molecule has 7 nitrogen and oxygen atoms in total. The Morgan fingerprint density at radius 2 is 1.70 bits per heavy atom. The van der Waals surface area contributed by atoms with Gasteiger partial charge in [0.25, 0.3) is 5.91 Å². The maximum Gasteiger partial charge on any atom is 0.335 e. The van der Waals surface area contributed by atoms with E-state index in [1.54, 1.807) is 18.3 Å². The highest BCUT2D eigenvalue weighted by atomic mass is 16.5. The second-order valence-corrected chi connectivity index (χ2v) is 9.75. The van der Waals surface area contributed by atoms with Crippen LogP contribution >= 0.6 is 0 Å². The zero-order valence-corrected chi connectivity index (χ0v) is 21.7. The van der Waals surface area contributed by atoms with Crippen LogP contribution in [0.4, 0.5) is 0 Å². The summed E-state index contributed by atoms with van der Waals surface area (Å²) in [6.07, 6.45) is 4.08. The van der Waals surface area contributed by atoms with Gasteiger partial charge in [-0.3, -0.25) is 9.78 Å². The Balaban J connectivity index is 1.39. The molecular weight excluding hydrogens is 502 g/mol. The summed E-state index contributed by atoms with van der Waals surface area (Å²) in [5.74, 6) is -1.27. The fraction of sp³-hybridized carbons (Fsp3) is 0.0909. The highest BCUT2D eigenvalue weighted by Gasteiger charge is 2.22. The SMILES string of the molecule is C[C@H](NC(=O)c1cc(-c2ccccc2)cc2onc(Cc3ccc4ccncc4c3)c12)c1ccc(C(=O)O)cc1. The molecule has 0 aliphatic carbocycles. The van der Waals surface area contributed by atoms with Gasteiger partial charge in [-0.05, 0) is 71.0 Å². The van der Waals surface area contributed by atoms with Gasteiger partial charge in [0.15, 0.2) is 5.58 Å². The third-order valence-corrected chi connectivity index (χ3v) is 7.08. The van der Waals surface area contributed by atoms with E-state index >= 15 is 0 Å². The van der Waals surface area contributed by atoms with E-state index in [0.717, 1.165) is 33.0 Å². The predicted molar refractivity (Wildman–Crippen MR) is 153 cm³/mol. The molecule has 0 aliphatic heterocycles. The standard InChI is InChI=1S/C33H25N3O4/c1-20(22-9-11-25(12-10-22)33(38)39)35-32(37)28-17-26(23-5-3-2-4-6-23)18-30-31(28)29(36-40-30)16-21-7-8-24-13-14-34-19-27(24)15-21/h2-15,17-20H,16H2,1H3,(H,35,37)(H,38,39)/t20-/m0/s1. The van der Waals surface area contributed by atoms with Crippen LogP contribution in [-0.2, 0) is 6.42 Å². The highest BCUT2D eigenvalue weighted by molar-refractivity contribution is 6.08. The molecule has 1 atom stereocenters. The molecule has 0 spiro atoms. The van der Waals surface area contributed by atoms with Crippen molar-refractivity contribution in [3.63, 3.8) is 0 Å². The van der Waals surface area contributed by atoms with Crippen molar-refractivity contribution >= 4 is 33.6 Å². The minimum atomic E-state index is -0.994. The largest absolute Gasteiger partial charge is 0.478 e. The second-order valence-electron chi connectivity index (χ2n) is 9.75. The van der Waals surface area contributed by atoms with Gasteiger partial charge >= 0.3 is 5.97 Å². The average molecular weight is 528 g/mol. The highest BCUT2D eigenvalue weighted by Crippen LogP contribution is 2.32. The lowest BCUT2D eigenvalue weighted by Crippen LogP contribution is -2.27. The summed E-state index contributed by atoms with van der Waals surface area (Å²) in [6.45, 7) is 1.86. The first-order chi connectivity index (χ1) is 19.5. The van der Waals surface area contributed by atoms with Crippen LogP contribution in [0.2, 0.25) is 0 Å². The number of aromatic nitrogens is 2. The molecule has 2 N–H and O–H groups in total. The number of nitrogens with zero attached hydrogens (tertiary/aromatic N) is 2. The number of rotatable bonds is 7. The Morgan fingerprint density at radius 3 is 2.48 bits per heavy atom. The summed E-state index contributed by atoms with van der Waals surface area (Å²) in [4.78, 5) is 29.3. The molecule has 0 unspecified atom stereocenters. The molecule has 6 aromatic rings. The first-order valence-electron chi connectivity index (χ1n) is 12.9. The minimum Gasteiger partial charge on any atom is -0.478 e. The minimum absolute atomic E-state index is 0.193. The molecule has 1 amide bonds. The third-order valence-electron chi connectivity index (χ3n) is 7.08. The molecule has 196 valence electrons. The molecule has 0 radical (unpaired) electrons. The van der Waals surface area contributed by atoms with Crippen LogP contribution < -0.4 is 5.32 Å². The van der Waals surface area contributed by atoms with Gasteiger partial charge in [-0.15, -0.1) is 0 Å². The normalized spacial score (nSPS) is 11.9. The lowest BCUT2D eigenvalue weighted by molar-refractivity contribution is 0.0696. The van der Waals surface area contributed by atoms with Gasteiger partial charge in [-0.1, -0.05) is 59.8 Å². The van der Waals surface area contributed by atoms with Crippen molar-refractivity contribution in [2.75, 3.05) is 0 Å². The van der Waals surface area contributed by atoms with Gasteiger partial charge in [0.1, 0.15) is 0 Å². The van der Waals surface area contributed by atoms with E-state index in [0.29, 0.717) is 28.6 Å². The number of carboxylic acids is 1. The second kappa shape index (κ2) is 10.5. The molecule has 0 saturated heterocycles. The zero-order valence-electron chi connectivity index (χ0n) is 21.7. The smallest absolute Gasteiger partial charge is 0.335 e. The fourth-order valence-corrected chi connectivity index (χ4v) is 4.94. The molecule has 7 heteroatoms. The Kier molecular flexibility index (Phi) is 6.54. The van der Waals surface area contributed by atoms with Crippen LogP contribution in [0, 0.1) is 0 Å². The number of amides is 1. The molecule has 2 aromatic heterocycles. The van der Waals surface area contributed by atoms with E-state index < -0.39 is 5.97 Å². The number of nitrogens with one attached hydrogen (secondary N) is 1. The van der Waals surface area contributed by atoms with E-state index in [2.05, 4.69) is 21.5 Å². The Bertz CT molecular complexity index is 1860. The molecular formula is C33H25N3O4. The molecule has 6 rings (SSSR count). The fourth-order valence-electron chi connectivity index (χ4n) is 4.94. The van der Waals surface area contributed by atoms with E-state index in [1.807, 2.05) is 73.8 Å². The van der Waals surface area contributed by atoms with Crippen LogP contribution in [-0.4, -0.2) is 27.1 Å². The summed E-state index contributed by atoms with van der Waals surface area (Å²) in [6, 6.07) is 27.9. The number of benzene rings is 4. The molecule has 0 saturated carbocycles. The molecule has 2 heterocycles. The number of hydrogen-bond donors (Lipinski definition) is 2. The monoisotopic (exact) mass is 527 g/mol. The van der Waals surface area contributed by atoms with E-state index in [9.17, 15) is 14.7 Å². The first-order valence-corrected chi connectivity index (χ1v) is 12.9. The van der Waals surface area contributed by atoms with Gasteiger partial charge in [-0.25, -0.2) is 4.79 Å². The Morgan fingerprint density at radius 1 is 0.900 bits per heavy atom. The molecule has 0 aliphatic rings. The lowest BCUT2D eigenvalue weighted by atomic mass is 9.96. The number of hydrogen-bond acceptors (Lipinski definition) is 5. The number of carbonyl (C=O) groups is 2. The van der Waals surface area contributed by atoms with Crippen LogP contribution in [0.5, 0.6) is 0 Å². The van der Waals surface area contributed by atoms with Crippen LogP contribution in [0.15, 0.2) is 108 Å².